The molecule has 0 atom stereocenters. The van der Waals surface area contributed by atoms with Crippen LogP contribution in [0.15, 0.2) is 22.7 Å². The van der Waals surface area contributed by atoms with Crippen molar-refractivity contribution >= 4 is 27.9 Å². The number of aldehydes is 1. The van der Waals surface area contributed by atoms with E-state index in [-0.39, 0.29) is 0 Å². The van der Waals surface area contributed by atoms with Gasteiger partial charge in [-0.1, -0.05) is 15.9 Å². The number of piperazine rings is 1. The van der Waals surface area contributed by atoms with Crippen LogP contribution in [-0.2, 0) is 0 Å². The minimum atomic E-state index is 0.764. The first-order chi connectivity index (χ1) is 7.31. The molecule has 15 heavy (non-hydrogen) atoms. The molecule has 0 spiro atoms. The van der Waals surface area contributed by atoms with E-state index in [0.29, 0.717) is 0 Å². The average molecular weight is 269 g/mol. The summed E-state index contributed by atoms with van der Waals surface area (Å²) in [6.45, 7) is 3.87. The Bertz CT molecular complexity index is 362. The van der Waals surface area contributed by atoms with Gasteiger partial charge < -0.3 is 10.2 Å². The molecule has 4 heteroatoms. The van der Waals surface area contributed by atoms with Crippen LogP contribution in [0.3, 0.4) is 0 Å². The van der Waals surface area contributed by atoms with E-state index in [9.17, 15) is 4.79 Å². The number of benzene rings is 1. The summed E-state index contributed by atoms with van der Waals surface area (Å²) in [5.41, 5.74) is 1.79. The average Bonchev–Trinajstić information content (AvgIpc) is 2.30. The Kier molecular flexibility index (Phi) is 3.38. The molecule has 1 aromatic carbocycles. The molecule has 1 aliphatic rings. The highest BCUT2D eigenvalue weighted by Crippen LogP contribution is 2.24. The fourth-order valence-electron chi connectivity index (χ4n) is 1.80. The van der Waals surface area contributed by atoms with Gasteiger partial charge in [0.05, 0.1) is 0 Å². The molecule has 1 aliphatic heterocycles. The Hall–Kier alpha value is -0.870. The zero-order valence-electron chi connectivity index (χ0n) is 8.37. The predicted molar refractivity (Wildman–Crippen MR) is 64.6 cm³/mol. The van der Waals surface area contributed by atoms with Crippen LogP contribution in [0.5, 0.6) is 0 Å². The maximum Gasteiger partial charge on any atom is 0.152 e. The van der Waals surface area contributed by atoms with Crippen LogP contribution in [0.25, 0.3) is 0 Å². The number of nitrogens with zero attached hydrogens (tertiary/aromatic N) is 1. The van der Waals surface area contributed by atoms with Crippen molar-refractivity contribution in [3.63, 3.8) is 0 Å². The van der Waals surface area contributed by atoms with E-state index >= 15 is 0 Å². The van der Waals surface area contributed by atoms with E-state index in [1.54, 1.807) is 0 Å². The van der Waals surface area contributed by atoms with Gasteiger partial charge in [-0.15, -0.1) is 0 Å². The summed E-state index contributed by atoms with van der Waals surface area (Å²) >= 11 is 3.43. The number of rotatable bonds is 2. The largest absolute Gasteiger partial charge is 0.368 e. The molecule has 0 aromatic heterocycles. The smallest absolute Gasteiger partial charge is 0.152 e. The zero-order valence-corrected chi connectivity index (χ0v) is 9.96. The highest BCUT2D eigenvalue weighted by atomic mass is 79.9. The Balaban J connectivity index is 2.31. The number of anilines is 1. The van der Waals surface area contributed by atoms with Gasteiger partial charge in [0.1, 0.15) is 0 Å². The van der Waals surface area contributed by atoms with Crippen molar-refractivity contribution in [2.75, 3.05) is 31.1 Å². The lowest BCUT2D eigenvalue weighted by Crippen LogP contribution is -2.43. The summed E-state index contributed by atoms with van der Waals surface area (Å²) in [4.78, 5) is 13.2. The molecule has 1 aromatic rings. The molecule has 0 unspecified atom stereocenters. The van der Waals surface area contributed by atoms with E-state index in [4.69, 9.17) is 0 Å². The minimum absolute atomic E-state index is 0.764. The van der Waals surface area contributed by atoms with Crippen molar-refractivity contribution in [1.82, 2.24) is 5.32 Å². The second kappa shape index (κ2) is 4.77. The van der Waals surface area contributed by atoms with Crippen LogP contribution in [0.2, 0.25) is 0 Å². The van der Waals surface area contributed by atoms with Crippen LogP contribution in [-0.4, -0.2) is 32.5 Å². The Morgan fingerprint density at radius 3 is 2.73 bits per heavy atom. The quantitative estimate of drug-likeness (QED) is 0.829. The fraction of sp³-hybridized carbons (Fsp3) is 0.364. The van der Waals surface area contributed by atoms with Crippen molar-refractivity contribution < 1.29 is 4.79 Å². The summed E-state index contributed by atoms with van der Waals surface area (Å²) in [5, 5.41) is 3.29. The first-order valence-corrected chi connectivity index (χ1v) is 5.81. The Morgan fingerprint density at radius 2 is 2.07 bits per heavy atom. The van der Waals surface area contributed by atoms with Crippen LogP contribution < -0.4 is 10.2 Å². The third-order valence-electron chi connectivity index (χ3n) is 2.58. The summed E-state index contributed by atoms with van der Waals surface area (Å²) in [5.74, 6) is 0. The van der Waals surface area contributed by atoms with Crippen molar-refractivity contribution in [1.29, 1.82) is 0 Å². The van der Waals surface area contributed by atoms with E-state index in [1.807, 2.05) is 18.2 Å². The van der Waals surface area contributed by atoms with Crippen molar-refractivity contribution in [3.05, 3.63) is 28.2 Å². The molecule has 0 bridgehead atoms. The van der Waals surface area contributed by atoms with E-state index in [0.717, 1.165) is 48.2 Å². The Morgan fingerprint density at radius 1 is 1.33 bits per heavy atom. The third-order valence-corrected chi connectivity index (χ3v) is 3.07. The van der Waals surface area contributed by atoms with Gasteiger partial charge in [0, 0.05) is 41.9 Å². The number of hydrogen-bond acceptors (Lipinski definition) is 3. The summed E-state index contributed by atoms with van der Waals surface area (Å²) in [6, 6.07) is 5.76. The molecule has 1 N–H and O–H groups in total. The lowest BCUT2D eigenvalue weighted by molar-refractivity contribution is 0.112. The molecule has 0 amide bonds. The normalized spacial score (nSPS) is 16.5. The molecule has 0 saturated carbocycles. The molecular weight excluding hydrogens is 256 g/mol. The van der Waals surface area contributed by atoms with Gasteiger partial charge >= 0.3 is 0 Å². The van der Waals surface area contributed by atoms with Crippen LogP contribution in [0, 0.1) is 0 Å². The van der Waals surface area contributed by atoms with Crippen LogP contribution in [0.1, 0.15) is 10.4 Å². The first-order valence-electron chi connectivity index (χ1n) is 5.01. The lowest BCUT2D eigenvalue weighted by Gasteiger charge is -2.30. The third kappa shape index (κ3) is 2.38. The van der Waals surface area contributed by atoms with E-state index < -0.39 is 0 Å². The molecule has 80 valence electrons. The standard InChI is InChI=1S/C11H13BrN2O/c12-10-2-1-9(8-15)11(7-10)14-5-3-13-4-6-14/h1-2,7-8,13H,3-6H2. The molecular formula is C11H13BrN2O. The first kappa shape index (κ1) is 10.6. The highest BCUT2D eigenvalue weighted by molar-refractivity contribution is 9.10. The van der Waals surface area contributed by atoms with Gasteiger partial charge in [0.25, 0.3) is 0 Å². The number of carbonyl (C=O) groups is 1. The molecule has 0 aliphatic carbocycles. The van der Waals surface area contributed by atoms with Gasteiger partial charge in [-0.2, -0.15) is 0 Å². The van der Waals surface area contributed by atoms with Crippen molar-refractivity contribution in [2.24, 2.45) is 0 Å². The zero-order chi connectivity index (χ0) is 10.7. The van der Waals surface area contributed by atoms with Gasteiger partial charge in [0.15, 0.2) is 6.29 Å². The number of hydrogen-bond donors (Lipinski definition) is 1. The van der Waals surface area contributed by atoms with Gasteiger partial charge in [-0.05, 0) is 18.2 Å². The van der Waals surface area contributed by atoms with Gasteiger partial charge in [-0.25, -0.2) is 0 Å². The summed E-state index contributed by atoms with van der Waals surface area (Å²) < 4.78 is 1.02. The maximum absolute atomic E-state index is 10.9. The topological polar surface area (TPSA) is 32.3 Å². The Labute approximate surface area is 97.6 Å². The monoisotopic (exact) mass is 268 g/mol. The predicted octanol–water partition coefficient (Wildman–Crippen LogP) is 1.67. The SMILES string of the molecule is O=Cc1ccc(Br)cc1N1CCNCC1. The summed E-state index contributed by atoms with van der Waals surface area (Å²) in [7, 11) is 0. The second-order valence-electron chi connectivity index (χ2n) is 3.56. The number of carbonyl (C=O) groups excluding carboxylic acids is 1. The lowest BCUT2D eigenvalue weighted by atomic mass is 10.1. The fourth-order valence-corrected chi connectivity index (χ4v) is 2.15. The van der Waals surface area contributed by atoms with Gasteiger partial charge in [-0.3, -0.25) is 4.79 Å². The van der Waals surface area contributed by atoms with Gasteiger partial charge in [0.2, 0.25) is 0 Å². The molecule has 1 saturated heterocycles. The summed E-state index contributed by atoms with van der Waals surface area (Å²) in [6.07, 6.45) is 0.920. The molecule has 1 heterocycles. The highest BCUT2D eigenvalue weighted by Gasteiger charge is 2.13. The minimum Gasteiger partial charge on any atom is -0.368 e. The van der Waals surface area contributed by atoms with Crippen LogP contribution in [0.4, 0.5) is 5.69 Å². The van der Waals surface area contributed by atoms with E-state index in [1.165, 1.54) is 0 Å². The second-order valence-corrected chi connectivity index (χ2v) is 4.47. The molecule has 3 nitrogen and oxygen atoms in total. The molecule has 2 rings (SSSR count). The number of nitrogens with one attached hydrogen (secondary N) is 1. The van der Waals surface area contributed by atoms with E-state index in [2.05, 4.69) is 26.1 Å². The molecule has 0 radical (unpaired) electrons. The van der Waals surface area contributed by atoms with Crippen molar-refractivity contribution in [3.8, 4) is 0 Å². The van der Waals surface area contributed by atoms with Crippen molar-refractivity contribution in [2.45, 2.75) is 0 Å². The number of halogens is 1. The molecule has 1 fully saturated rings. The maximum atomic E-state index is 10.9. The van der Waals surface area contributed by atoms with Crippen LogP contribution >= 0.6 is 15.9 Å².